The molecule has 2 unspecified atom stereocenters. The highest BCUT2D eigenvalue weighted by Gasteiger charge is 2.47. The van der Waals surface area contributed by atoms with Crippen LogP contribution in [0.3, 0.4) is 0 Å². The van der Waals surface area contributed by atoms with Gasteiger partial charge in [-0.3, -0.25) is 14.5 Å². The first-order valence-electron chi connectivity index (χ1n) is 30.4. The van der Waals surface area contributed by atoms with Gasteiger partial charge in [-0.1, -0.05) is 310 Å². The Morgan fingerprint density at radius 3 is 0.716 bits per heavy atom. The minimum absolute atomic E-state index is 0.0836. The zero-order valence-electron chi connectivity index (χ0n) is 46.4. The van der Waals surface area contributed by atoms with Gasteiger partial charge in [0.05, 0.1) is 0 Å². The number of carbonyl (C=O) groups excluding carboxylic acids is 2. The Balaban J connectivity index is 5.82. The summed E-state index contributed by atoms with van der Waals surface area (Å²) in [6.45, 7) is 20.1. The van der Waals surface area contributed by atoms with Crippen molar-refractivity contribution in [3.63, 3.8) is 0 Å². The summed E-state index contributed by atoms with van der Waals surface area (Å²) in [6, 6.07) is 0.167. The van der Waals surface area contributed by atoms with Gasteiger partial charge < -0.3 is 10.6 Å². The topological polar surface area (TPSA) is 61.4 Å². The Labute approximate surface area is 421 Å². The van der Waals surface area contributed by atoms with Crippen LogP contribution in [0.5, 0.6) is 0 Å². The normalized spacial score (nSPS) is 13.4. The molecule has 0 aliphatic rings. The minimum atomic E-state index is -1.36. The molecule has 0 saturated carbocycles. The summed E-state index contributed by atoms with van der Waals surface area (Å²) >= 11 is 0. The molecule has 5 heteroatoms. The Kier molecular flexibility index (Phi) is 49.5. The maximum atomic E-state index is 14.9. The van der Waals surface area contributed by atoms with Crippen molar-refractivity contribution in [3.05, 3.63) is 25.3 Å². The smallest absolute Gasteiger partial charge is 0.250 e. The van der Waals surface area contributed by atoms with E-state index in [0.29, 0.717) is 13.1 Å². The van der Waals surface area contributed by atoms with Crippen LogP contribution in [0, 0.1) is 0 Å². The van der Waals surface area contributed by atoms with Gasteiger partial charge in [0.25, 0.3) is 0 Å². The number of nitrogens with zero attached hydrogens (tertiary/aromatic N) is 1. The van der Waals surface area contributed by atoms with Crippen LogP contribution in [-0.4, -0.2) is 47.4 Å². The van der Waals surface area contributed by atoms with Crippen molar-refractivity contribution in [1.29, 1.82) is 0 Å². The van der Waals surface area contributed by atoms with Gasteiger partial charge in [0.15, 0.2) is 5.54 Å². The van der Waals surface area contributed by atoms with E-state index in [4.69, 9.17) is 0 Å². The van der Waals surface area contributed by atoms with Crippen LogP contribution in [0.15, 0.2) is 25.3 Å². The van der Waals surface area contributed by atoms with Crippen LogP contribution < -0.4 is 10.6 Å². The van der Waals surface area contributed by atoms with E-state index in [2.05, 4.69) is 51.5 Å². The van der Waals surface area contributed by atoms with E-state index in [9.17, 15) is 9.59 Å². The van der Waals surface area contributed by atoms with Crippen LogP contribution in [0.4, 0.5) is 0 Å². The fourth-order valence-electron chi connectivity index (χ4n) is 10.2. The number of nitrogens with one attached hydrogen (secondary N) is 2. The minimum Gasteiger partial charge on any atom is -0.351 e. The molecule has 2 N–H and O–H groups in total. The fraction of sp³-hybridized carbons (Fsp3) is 0.903. The number of unbranched alkanes of at least 4 members (excludes halogenated alkanes) is 38. The SMILES string of the molecule is C=CCN(CC=C)C(C)(C(=O)NC(CCCCCCCCCCCC)CCCCCCCCCCCCC)C(=O)NC(CCCCCCCCCCCC)CCCCCCCCCCCCC. The average molecular weight is 941 g/mol. The summed E-state index contributed by atoms with van der Waals surface area (Å²) in [7, 11) is 0. The van der Waals surface area contributed by atoms with Gasteiger partial charge in [-0.15, -0.1) is 13.2 Å². The van der Waals surface area contributed by atoms with E-state index in [0.717, 1.165) is 51.4 Å². The molecule has 0 bridgehead atoms. The predicted molar refractivity (Wildman–Crippen MR) is 299 cm³/mol. The quantitative estimate of drug-likeness (QED) is 0.0363. The molecular formula is C62H121N3O2. The molecule has 2 amide bonds. The van der Waals surface area contributed by atoms with Gasteiger partial charge in [-0.25, -0.2) is 0 Å². The third-order valence-electron chi connectivity index (χ3n) is 15.0. The lowest BCUT2D eigenvalue weighted by atomic mass is 9.92. The fourth-order valence-corrected chi connectivity index (χ4v) is 10.2. The Morgan fingerprint density at radius 2 is 0.537 bits per heavy atom. The van der Waals surface area contributed by atoms with Crippen LogP contribution >= 0.6 is 0 Å². The second kappa shape index (κ2) is 50.8. The molecule has 0 saturated heterocycles. The van der Waals surface area contributed by atoms with Gasteiger partial charge in [0.1, 0.15) is 0 Å². The summed E-state index contributed by atoms with van der Waals surface area (Å²) in [5, 5.41) is 7.09. The number of rotatable bonds is 55. The Morgan fingerprint density at radius 1 is 0.358 bits per heavy atom. The zero-order chi connectivity index (χ0) is 49.2. The lowest BCUT2D eigenvalue weighted by Crippen LogP contribution is -2.66. The summed E-state index contributed by atoms with van der Waals surface area (Å²) in [6.07, 6.45) is 62.8. The van der Waals surface area contributed by atoms with Crippen molar-refractivity contribution >= 4 is 11.8 Å². The van der Waals surface area contributed by atoms with E-state index >= 15 is 0 Å². The highest BCUT2D eigenvalue weighted by molar-refractivity contribution is 6.09. The van der Waals surface area contributed by atoms with Crippen molar-refractivity contribution in [3.8, 4) is 0 Å². The first-order valence-corrected chi connectivity index (χ1v) is 30.4. The molecule has 0 aromatic carbocycles. The average Bonchev–Trinajstić information content (AvgIpc) is 3.32. The largest absolute Gasteiger partial charge is 0.351 e. The molecule has 0 heterocycles. The first-order chi connectivity index (χ1) is 32.8. The molecule has 0 fully saturated rings. The van der Waals surface area contributed by atoms with Crippen LogP contribution in [0.1, 0.15) is 330 Å². The molecule has 0 aromatic rings. The van der Waals surface area contributed by atoms with E-state index in [1.807, 2.05) is 24.0 Å². The maximum absolute atomic E-state index is 14.9. The highest BCUT2D eigenvalue weighted by atomic mass is 16.2. The van der Waals surface area contributed by atoms with E-state index in [-0.39, 0.29) is 23.9 Å². The van der Waals surface area contributed by atoms with E-state index in [1.54, 1.807) is 0 Å². The summed E-state index contributed by atoms with van der Waals surface area (Å²) in [4.78, 5) is 31.8. The second-order valence-corrected chi connectivity index (χ2v) is 21.5. The molecule has 67 heavy (non-hydrogen) atoms. The van der Waals surface area contributed by atoms with Gasteiger partial charge in [-0.2, -0.15) is 0 Å². The van der Waals surface area contributed by atoms with Gasteiger partial charge in [0.2, 0.25) is 11.8 Å². The van der Waals surface area contributed by atoms with Crippen molar-refractivity contribution in [2.75, 3.05) is 13.1 Å². The highest BCUT2D eigenvalue weighted by Crippen LogP contribution is 2.23. The summed E-state index contributed by atoms with van der Waals surface area (Å²) in [5.41, 5.74) is -1.36. The lowest BCUT2D eigenvalue weighted by Gasteiger charge is -2.39. The molecule has 2 atom stereocenters. The molecule has 5 nitrogen and oxygen atoms in total. The number of carbonyl (C=O) groups is 2. The molecule has 0 rings (SSSR count). The van der Waals surface area contributed by atoms with Crippen LogP contribution in [0.25, 0.3) is 0 Å². The second-order valence-electron chi connectivity index (χ2n) is 21.5. The Hall–Kier alpha value is -1.62. The lowest BCUT2D eigenvalue weighted by molar-refractivity contribution is -0.145. The molecule has 396 valence electrons. The van der Waals surface area contributed by atoms with E-state index in [1.165, 1.54) is 244 Å². The van der Waals surface area contributed by atoms with Crippen molar-refractivity contribution < 1.29 is 9.59 Å². The molecular weight excluding hydrogens is 819 g/mol. The monoisotopic (exact) mass is 940 g/mol. The number of hydrogen-bond acceptors (Lipinski definition) is 3. The maximum Gasteiger partial charge on any atom is 0.250 e. The molecule has 0 aromatic heterocycles. The number of hydrogen-bond donors (Lipinski definition) is 2. The van der Waals surface area contributed by atoms with Crippen molar-refractivity contribution in [1.82, 2.24) is 15.5 Å². The van der Waals surface area contributed by atoms with Gasteiger partial charge in [-0.05, 0) is 32.6 Å². The molecule has 0 aliphatic carbocycles. The van der Waals surface area contributed by atoms with Crippen LogP contribution in [-0.2, 0) is 9.59 Å². The molecule has 0 spiro atoms. The van der Waals surface area contributed by atoms with Crippen molar-refractivity contribution in [2.45, 2.75) is 348 Å². The molecule has 0 aliphatic heterocycles. The van der Waals surface area contributed by atoms with Gasteiger partial charge >= 0.3 is 0 Å². The molecule has 0 radical (unpaired) electrons. The Bertz CT molecular complexity index is 997. The van der Waals surface area contributed by atoms with Gasteiger partial charge in [0, 0.05) is 25.2 Å². The van der Waals surface area contributed by atoms with E-state index < -0.39 is 5.54 Å². The standard InChI is InChI=1S/C62H121N3O2/c1-8-14-18-22-26-30-34-38-42-46-50-54-58(52-48-44-40-36-32-28-24-20-16-10-3)63-60(66)62(7,65(56-12-5)57-13-6)61(67)64-59(53-49-45-41-37-33-29-25-21-17-11-4)55-51-47-43-39-35-31-27-23-19-15-9-2/h12-13,58-59H,5-6,8-11,14-57H2,1-4,7H3,(H,63,66)(H,64,67). The third-order valence-corrected chi connectivity index (χ3v) is 15.0. The predicted octanol–water partition coefficient (Wildman–Crippen LogP) is 19.4. The zero-order valence-corrected chi connectivity index (χ0v) is 46.4. The summed E-state index contributed by atoms with van der Waals surface area (Å²) < 4.78 is 0. The number of amides is 2. The van der Waals surface area contributed by atoms with Crippen molar-refractivity contribution in [2.24, 2.45) is 0 Å². The van der Waals surface area contributed by atoms with Crippen LogP contribution in [0.2, 0.25) is 0 Å². The summed E-state index contributed by atoms with van der Waals surface area (Å²) in [5.74, 6) is -0.303. The first kappa shape index (κ1) is 65.4. The third kappa shape index (κ3) is 38.8.